The van der Waals surface area contributed by atoms with Crippen LogP contribution in [-0.4, -0.2) is 88.9 Å². The normalized spacial score (nSPS) is 18.6. The summed E-state index contributed by atoms with van der Waals surface area (Å²) >= 11 is 0. The summed E-state index contributed by atoms with van der Waals surface area (Å²) < 4.78 is 43.9. The number of hydrogen-bond donors (Lipinski definition) is 0. The molecule has 2 aliphatic rings. The van der Waals surface area contributed by atoms with Gasteiger partial charge in [0.1, 0.15) is 18.0 Å². The summed E-state index contributed by atoms with van der Waals surface area (Å²) in [4.78, 5) is 31.4. The van der Waals surface area contributed by atoms with Crippen LogP contribution in [0.5, 0.6) is 5.75 Å². The topological polar surface area (TPSA) is 105 Å². The lowest BCUT2D eigenvalue weighted by molar-refractivity contribution is -0.144. The Morgan fingerprint density at radius 1 is 0.710 bits per heavy atom. The van der Waals surface area contributed by atoms with Gasteiger partial charge < -0.3 is 43.0 Å². The lowest BCUT2D eigenvalue weighted by atomic mass is 9.77. The van der Waals surface area contributed by atoms with Crippen molar-refractivity contribution in [1.82, 2.24) is 4.90 Å². The summed E-state index contributed by atoms with van der Waals surface area (Å²) in [7, 11) is 3.36. The lowest BCUT2D eigenvalue weighted by Crippen LogP contribution is -2.60. The molecule has 0 spiro atoms. The zero-order chi connectivity index (χ0) is 48.0. The fourth-order valence-electron chi connectivity index (χ4n) is 9.60. The molecular formula is C58H64N2O9. The molecule has 6 aromatic rings. The van der Waals surface area contributed by atoms with E-state index in [1.807, 2.05) is 110 Å². The van der Waals surface area contributed by atoms with Gasteiger partial charge in [0.2, 0.25) is 0 Å². The summed E-state index contributed by atoms with van der Waals surface area (Å²) in [6.45, 7) is 7.25. The Balaban J connectivity index is 1.22. The molecule has 0 saturated carbocycles. The van der Waals surface area contributed by atoms with Crippen LogP contribution in [0.25, 0.3) is 0 Å². The predicted molar refractivity (Wildman–Crippen MR) is 266 cm³/mol. The van der Waals surface area contributed by atoms with Crippen molar-refractivity contribution in [2.45, 2.75) is 69.9 Å². The van der Waals surface area contributed by atoms with Crippen molar-refractivity contribution in [2.24, 2.45) is 5.92 Å². The molecule has 0 aliphatic carbocycles. The monoisotopic (exact) mass is 932 g/mol. The van der Waals surface area contributed by atoms with Gasteiger partial charge >= 0.3 is 6.09 Å². The average Bonchev–Trinajstić information content (AvgIpc) is 3.39. The first kappa shape index (κ1) is 49.1. The van der Waals surface area contributed by atoms with E-state index < -0.39 is 35.9 Å². The molecular weight excluding hydrogens is 869 g/mol. The molecule has 5 atom stereocenters. The summed E-state index contributed by atoms with van der Waals surface area (Å²) in [5.41, 5.74) is 6.12. The van der Waals surface area contributed by atoms with Gasteiger partial charge in [0, 0.05) is 39.2 Å². The van der Waals surface area contributed by atoms with E-state index in [2.05, 4.69) is 67.6 Å². The van der Waals surface area contributed by atoms with Gasteiger partial charge in [-0.1, -0.05) is 159 Å². The minimum atomic E-state index is -1.12. The van der Waals surface area contributed by atoms with Gasteiger partial charge in [-0.05, 0) is 64.4 Å². The van der Waals surface area contributed by atoms with Crippen LogP contribution < -0.4 is 9.64 Å². The first-order valence-corrected chi connectivity index (χ1v) is 23.9. The number of ether oxygens (including phenoxy) is 7. The molecule has 360 valence electrons. The second kappa shape index (κ2) is 23.8. The van der Waals surface area contributed by atoms with Crippen molar-refractivity contribution in [3.05, 3.63) is 203 Å². The average molecular weight is 933 g/mol. The highest BCUT2D eigenvalue weighted by atomic mass is 16.6. The van der Waals surface area contributed by atoms with Crippen LogP contribution in [0.2, 0.25) is 0 Å². The smallest absolute Gasteiger partial charge is 0.410 e. The van der Waals surface area contributed by atoms with Gasteiger partial charge in [-0.15, -0.1) is 0 Å². The third-order valence-electron chi connectivity index (χ3n) is 13.0. The number of nitrogens with zero attached hydrogens (tertiary/aromatic N) is 2. The number of rotatable bonds is 21. The summed E-state index contributed by atoms with van der Waals surface area (Å²) in [5.74, 6) is 0.381. The maximum absolute atomic E-state index is 14.6. The van der Waals surface area contributed by atoms with Crippen molar-refractivity contribution < 1.29 is 42.7 Å². The standard InChI is InChI=1S/C58H64N2O9/c1-42(36-64-4)37-65-38-45-26-29-47(30-27-45)55-53(69-58(48-20-11-6-12-21-48,49-22-13-7-14-23-49)50-24-15-8-16-25-50)35-60(57(62)68-39-44-18-9-5-10-19-44)43(2)56(55)67-40-46-28-31-52-51(34-46)59(32-17-33-63-3)54(61)41-66-52/h5-16,18-31,34,42-43,53,55-56H,17,32-33,35-41H2,1-4H3/t42?,43?,53-,55-,56+/m1/s1. The van der Waals surface area contributed by atoms with Crippen molar-refractivity contribution in [3.63, 3.8) is 0 Å². The maximum Gasteiger partial charge on any atom is 0.410 e. The number of amides is 2. The Morgan fingerprint density at radius 3 is 1.91 bits per heavy atom. The van der Waals surface area contributed by atoms with Crippen LogP contribution in [0, 0.1) is 5.92 Å². The van der Waals surface area contributed by atoms with E-state index in [0.29, 0.717) is 50.8 Å². The Morgan fingerprint density at radius 2 is 1.30 bits per heavy atom. The zero-order valence-corrected chi connectivity index (χ0v) is 40.1. The molecule has 11 nitrogen and oxygen atoms in total. The highest BCUT2D eigenvalue weighted by Gasteiger charge is 2.50. The number of carbonyl (C=O) groups excluding carboxylic acids is 2. The molecule has 2 heterocycles. The zero-order valence-electron chi connectivity index (χ0n) is 40.1. The second-order valence-electron chi connectivity index (χ2n) is 18.0. The molecule has 2 amide bonds. The number of piperidine rings is 1. The van der Waals surface area contributed by atoms with Crippen molar-refractivity contribution >= 4 is 17.7 Å². The van der Waals surface area contributed by atoms with E-state index in [1.54, 1.807) is 24.0 Å². The van der Waals surface area contributed by atoms with E-state index in [0.717, 1.165) is 38.9 Å². The first-order valence-electron chi connectivity index (χ1n) is 23.9. The summed E-state index contributed by atoms with van der Waals surface area (Å²) in [6.07, 6.45) is -1.06. The third kappa shape index (κ3) is 11.8. The Kier molecular flexibility index (Phi) is 16.9. The lowest BCUT2D eigenvalue weighted by Gasteiger charge is -2.50. The van der Waals surface area contributed by atoms with Gasteiger partial charge in [0.05, 0.1) is 56.9 Å². The van der Waals surface area contributed by atoms with Gasteiger partial charge in [0.15, 0.2) is 6.61 Å². The van der Waals surface area contributed by atoms with E-state index in [9.17, 15) is 9.59 Å². The van der Waals surface area contributed by atoms with Crippen LogP contribution in [-0.2, 0) is 58.6 Å². The van der Waals surface area contributed by atoms with Crippen LogP contribution in [0.4, 0.5) is 10.5 Å². The number of fused-ring (bicyclic) bond motifs is 1. The number of methoxy groups -OCH3 is 2. The molecule has 6 aromatic carbocycles. The molecule has 1 fully saturated rings. The Hall–Kier alpha value is -6.34. The van der Waals surface area contributed by atoms with E-state index in [4.69, 9.17) is 33.2 Å². The molecule has 69 heavy (non-hydrogen) atoms. The van der Waals surface area contributed by atoms with Gasteiger partial charge in [-0.3, -0.25) is 4.79 Å². The Bertz CT molecular complexity index is 2430. The van der Waals surface area contributed by atoms with Gasteiger partial charge in [-0.25, -0.2) is 4.79 Å². The van der Waals surface area contributed by atoms with Crippen LogP contribution in [0.15, 0.2) is 164 Å². The van der Waals surface area contributed by atoms with Gasteiger partial charge in [0.25, 0.3) is 5.91 Å². The quantitative estimate of drug-likeness (QED) is 0.0515. The summed E-state index contributed by atoms with van der Waals surface area (Å²) in [6, 6.07) is 54.4. The fourth-order valence-corrected chi connectivity index (χ4v) is 9.60. The molecule has 1 saturated heterocycles. The molecule has 0 radical (unpaired) electrons. The molecule has 2 unspecified atom stereocenters. The SMILES string of the molecule is COCCCN1C(=O)COc2ccc(CO[C@H]3C(C)N(C(=O)OCc4ccccc4)C[C@@H](OC(c4ccccc4)(c4ccccc4)c4ccccc4)[C@H]3c3ccc(COCC(C)COC)cc3)cc21. The maximum atomic E-state index is 14.6. The van der Waals surface area contributed by atoms with E-state index >= 15 is 0 Å². The molecule has 0 N–H and O–H groups in total. The van der Waals surface area contributed by atoms with E-state index in [1.165, 1.54) is 0 Å². The molecule has 0 bridgehead atoms. The van der Waals surface area contributed by atoms with Crippen molar-refractivity contribution in [1.29, 1.82) is 0 Å². The molecule has 0 aromatic heterocycles. The van der Waals surface area contributed by atoms with Crippen molar-refractivity contribution in [3.8, 4) is 5.75 Å². The fraction of sp³-hybridized carbons (Fsp3) is 0.345. The van der Waals surface area contributed by atoms with Crippen LogP contribution >= 0.6 is 0 Å². The van der Waals surface area contributed by atoms with Crippen LogP contribution in [0.3, 0.4) is 0 Å². The number of carbonyl (C=O) groups is 2. The molecule has 2 aliphatic heterocycles. The summed E-state index contributed by atoms with van der Waals surface area (Å²) in [5, 5.41) is 0. The van der Waals surface area contributed by atoms with E-state index in [-0.39, 0.29) is 38.2 Å². The highest BCUT2D eigenvalue weighted by Crippen LogP contribution is 2.47. The van der Waals surface area contributed by atoms with Crippen molar-refractivity contribution in [2.75, 3.05) is 58.6 Å². The molecule has 8 rings (SSSR count). The molecule has 11 heteroatoms. The second-order valence-corrected chi connectivity index (χ2v) is 18.0. The number of anilines is 1. The number of hydrogen-bond acceptors (Lipinski definition) is 9. The first-order chi connectivity index (χ1) is 33.8. The number of benzene rings is 6. The minimum absolute atomic E-state index is 0.0248. The number of likely N-dealkylation sites (tertiary alicyclic amines) is 1. The van der Waals surface area contributed by atoms with Gasteiger partial charge in [-0.2, -0.15) is 0 Å². The van der Waals surface area contributed by atoms with Crippen LogP contribution in [0.1, 0.15) is 65.1 Å². The Labute approximate surface area is 406 Å². The largest absolute Gasteiger partial charge is 0.482 e. The highest BCUT2D eigenvalue weighted by molar-refractivity contribution is 5.97. The predicted octanol–water partition coefficient (Wildman–Crippen LogP) is 10.3. The third-order valence-corrected chi connectivity index (χ3v) is 13.0. The minimum Gasteiger partial charge on any atom is -0.482 e.